The zero-order chi connectivity index (χ0) is 26.3. The largest absolute Gasteiger partial charge is 0.478 e. The molecule has 1 fully saturated rings. The molecule has 0 saturated carbocycles. The van der Waals surface area contributed by atoms with Gasteiger partial charge in [0.05, 0.1) is 28.1 Å². The van der Waals surface area contributed by atoms with E-state index in [9.17, 15) is 50.2 Å². The molecule has 0 aliphatic carbocycles. The lowest BCUT2D eigenvalue weighted by molar-refractivity contribution is -0.393. The summed E-state index contributed by atoms with van der Waals surface area (Å²) in [6.45, 7) is -0.565. The van der Waals surface area contributed by atoms with Gasteiger partial charge in [0.2, 0.25) is 5.91 Å². The number of anilines is 1. The van der Waals surface area contributed by atoms with Gasteiger partial charge in [0, 0.05) is 19.0 Å². The van der Waals surface area contributed by atoms with Crippen molar-refractivity contribution >= 4 is 28.9 Å². The number of ether oxygens (including phenoxy) is 1. The topological polar surface area (TPSA) is 255 Å². The summed E-state index contributed by atoms with van der Waals surface area (Å²) in [7, 11) is 0. The van der Waals surface area contributed by atoms with E-state index >= 15 is 0 Å². The average Bonchev–Trinajstić information content (AvgIpc) is 2.80. The number of nitro groups is 2. The van der Waals surface area contributed by atoms with Crippen LogP contribution >= 0.6 is 0 Å². The lowest BCUT2D eigenvalue weighted by Crippen LogP contribution is -2.64. The van der Waals surface area contributed by atoms with Crippen molar-refractivity contribution in [2.75, 3.05) is 18.5 Å². The third-order valence-corrected chi connectivity index (χ3v) is 5.35. The number of hydrogen-bond acceptors (Lipinski definition) is 12. The molecule has 1 aromatic carbocycles. The standard InChI is InChI=1S/C19H26N4O12/c24-8-12-16(26)17(27)15(19(30)35-12)21-13(25)4-2-1-3-5-20-14-10(18(28)29)6-9(22(31)32)7-11(14)23(33)34/h6-7,12,15-17,19-20,24,26-27,30H,1-5,8H2,(H,21,25)(H,28,29)/t12-,15-,16-,17-,19-/m1/s1. The van der Waals surface area contributed by atoms with Crippen LogP contribution in [0.2, 0.25) is 0 Å². The molecule has 7 N–H and O–H groups in total. The Hall–Kier alpha value is -3.44. The molecule has 5 atom stereocenters. The van der Waals surface area contributed by atoms with Gasteiger partial charge in [-0.1, -0.05) is 6.42 Å². The Morgan fingerprint density at radius 3 is 2.29 bits per heavy atom. The first-order valence-corrected chi connectivity index (χ1v) is 10.5. The van der Waals surface area contributed by atoms with Crippen LogP contribution in [0.4, 0.5) is 17.1 Å². The number of aliphatic hydroxyl groups excluding tert-OH is 4. The van der Waals surface area contributed by atoms with Gasteiger partial charge in [-0.2, -0.15) is 0 Å². The third-order valence-electron chi connectivity index (χ3n) is 5.35. The van der Waals surface area contributed by atoms with Crippen molar-refractivity contribution in [3.05, 3.63) is 37.9 Å². The second kappa shape index (κ2) is 12.3. The Morgan fingerprint density at radius 2 is 1.71 bits per heavy atom. The summed E-state index contributed by atoms with van der Waals surface area (Å²) in [6.07, 6.45) is -4.85. The number of carbonyl (C=O) groups excluding carboxylic acids is 1. The highest BCUT2D eigenvalue weighted by molar-refractivity contribution is 5.98. The van der Waals surface area contributed by atoms with Crippen LogP contribution in [0, 0.1) is 20.2 Å². The van der Waals surface area contributed by atoms with Crippen molar-refractivity contribution in [1.29, 1.82) is 0 Å². The van der Waals surface area contributed by atoms with E-state index < -0.39 is 75.9 Å². The second-order valence-corrected chi connectivity index (χ2v) is 7.77. The molecule has 1 heterocycles. The Kier molecular flexibility index (Phi) is 9.78. The van der Waals surface area contributed by atoms with Gasteiger partial charge in [0.1, 0.15) is 30.0 Å². The first-order chi connectivity index (χ1) is 16.5. The van der Waals surface area contributed by atoms with E-state index in [1.807, 2.05) is 0 Å². The van der Waals surface area contributed by atoms with Gasteiger partial charge in [-0.25, -0.2) is 4.79 Å². The summed E-state index contributed by atoms with van der Waals surface area (Å²) in [5, 5.41) is 75.3. The van der Waals surface area contributed by atoms with Crippen LogP contribution in [-0.2, 0) is 9.53 Å². The van der Waals surface area contributed by atoms with Crippen LogP contribution in [0.3, 0.4) is 0 Å². The minimum Gasteiger partial charge on any atom is -0.478 e. The number of nitrogens with zero attached hydrogens (tertiary/aromatic N) is 2. The van der Waals surface area contributed by atoms with Gasteiger partial charge < -0.3 is 40.9 Å². The summed E-state index contributed by atoms with van der Waals surface area (Å²) in [4.78, 5) is 43.9. The maximum absolute atomic E-state index is 12.1. The van der Waals surface area contributed by atoms with Crippen LogP contribution in [0.5, 0.6) is 0 Å². The summed E-state index contributed by atoms with van der Waals surface area (Å²) < 4.78 is 4.95. The average molecular weight is 502 g/mol. The summed E-state index contributed by atoms with van der Waals surface area (Å²) >= 11 is 0. The van der Waals surface area contributed by atoms with Crippen molar-refractivity contribution in [2.45, 2.75) is 56.3 Å². The second-order valence-electron chi connectivity index (χ2n) is 7.77. The van der Waals surface area contributed by atoms with Gasteiger partial charge in [0.25, 0.3) is 11.4 Å². The van der Waals surface area contributed by atoms with E-state index in [1.165, 1.54) is 0 Å². The number of carboxylic acid groups (broad SMARTS) is 1. The lowest BCUT2D eigenvalue weighted by atomic mass is 9.97. The van der Waals surface area contributed by atoms with E-state index in [0.29, 0.717) is 25.3 Å². The fourth-order valence-corrected chi connectivity index (χ4v) is 3.53. The molecular weight excluding hydrogens is 476 g/mol. The van der Waals surface area contributed by atoms with Gasteiger partial charge in [0.15, 0.2) is 6.29 Å². The van der Waals surface area contributed by atoms with Crippen molar-refractivity contribution in [3.63, 3.8) is 0 Å². The normalized spacial score (nSPS) is 23.9. The Morgan fingerprint density at radius 1 is 1.03 bits per heavy atom. The van der Waals surface area contributed by atoms with Crippen LogP contribution in [-0.4, -0.2) is 91.1 Å². The molecule has 16 nitrogen and oxygen atoms in total. The number of nitro benzene ring substituents is 2. The molecule has 1 aliphatic heterocycles. The van der Waals surface area contributed by atoms with Crippen molar-refractivity contribution in [2.24, 2.45) is 0 Å². The lowest BCUT2D eigenvalue weighted by Gasteiger charge is -2.40. The maximum Gasteiger partial charge on any atom is 0.338 e. The molecule has 0 unspecified atom stereocenters. The van der Waals surface area contributed by atoms with E-state index in [-0.39, 0.29) is 18.7 Å². The first kappa shape index (κ1) is 27.8. The van der Waals surface area contributed by atoms with E-state index in [1.54, 1.807) is 0 Å². The highest BCUT2D eigenvalue weighted by atomic mass is 16.6. The number of carboxylic acids is 1. The molecule has 1 amide bonds. The van der Waals surface area contributed by atoms with E-state index in [2.05, 4.69) is 10.6 Å². The molecule has 16 heteroatoms. The maximum atomic E-state index is 12.1. The number of rotatable bonds is 12. The number of non-ortho nitro benzene ring substituents is 1. The number of nitrogens with one attached hydrogen (secondary N) is 2. The van der Waals surface area contributed by atoms with E-state index in [4.69, 9.17) is 9.84 Å². The predicted octanol–water partition coefficient (Wildman–Crippen LogP) is -0.910. The highest BCUT2D eigenvalue weighted by Crippen LogP contribution is 2.33. The first-order valence-electron chi connectivity index (χ1n) is 10.5. The highest BCUT2D eigenvalue weighted by Gasteiger charge is 2.44. The van der Waals surface area contributed by atoms with E-state index in [0.717, 1.165) is 6.07 Å². The Bertz CT molecular complexity index is 923. The summed E-state index contributed by atoms with van der Waals surface area (Å²) in [6, 6.07) is 0.0787. The number of aliphatic hydroxyl groups is 4. The van der Waals surface area contributed by atoms with Crippen LogP contribution in [0.1, 0.15) is 36.0 Å². The quantitative estimate of drug-likeness (QED) is 0.104. The fraction of sp³-hybridized carbons (Fsp3) is 0.579. The molecule has 1 aliphatic rings. The molecular formula is C19H26N4O12. The number of benzene rings is 1. The smallest absolute Gasteiger partial charge is 0.338 e. The third kappa shape index (κ3) is 7.03. The van der Waals surface area contributed by atoms with Crippen LogP contribution in [0.25, 0.3) is 0 Å². The van der Waals surface area contributed by atoms with Gasteiger partial charge >= 0.3 is 5.97 Å². The SMILES string of the molecule is O=C(CCCCCNc1c(C(=O)O)cc([N+](=O)[O-])cc1[N+](=O)[O-])N[C@@H]1[C@@H](O)[C@H](O)[C@@H](CO)O[C@H]1O. The minimum atomic E-state index is -1.64. The van der Waals surface area contributed by atoms with Crippen LogP contribution < -0.4 is 10.6 Å². The molecule has 0 spiro atoms. The van der Waals surface area contributed by atoms with Gasteiger partial charge in [-0.3, -0.25) is 25.0 Å². The van der Waals surface area contributed by atoms with Gasteiger partial charge in [-0.15, -0.1) is 0 Å². The fourth-order valence-electron chi connectivity index (χ4n) is 3.53. The molecule has 35 heavy (non-hydrogen) atoms. The zero-order valence-corrected chi connectivity index (χ0v) is 18.3. The molecule has 0 aromatic heterocycles. The molecule has 0 radical (unpaired) electrons. The number of hydrogen-bond donors (Lipinski definition) is 7. The number of unbranched alkanes of at least 4 members (excludes halogenated alkanes) is 2. The minimum absolute atomic E-state index is 0.0342. The monoisotopic (exact) mass is 502 g/mol. The molecule has 2 rings (SSSR count). The molecule has 194 valence electrons. The Labute approximate surface area is 197 Å². The molecule has 0 bridgehead atoms. The Balaban J connectivity index is 1.86. The van der Waals surface area contributed by atoms with Crippen LogP contribution in [0.15, 0.2) is 12.1 Å². The number of amides is 1. The molecule has 1 saturated heterocycles. The summed E-state index contributed by atoms with van der Waals surface area (Å²) in [5.74, 6) is -2.14. The zero-order valence-electron chi connectivity index (χ0n) is 18.3. The van der Waals surface area contributed by atoms with Crippen molar-refractivity contribution in [3.8, 4) is 0 Å². The summed E-state index contributed by atoms with van der Waals surface area (Å²) in [5.41, 5.74) is -2.48. The number of aromatic carboxylic acids is 1. The number of carbonyl (C=O) groups is 2. The predicted molar refractivity (Wildman–Crippen MR) is 116 cm³/mol. The molecule has 1 aromatic rings. The van der Waals surface area contributed by atoms with Crippen molar-refractivity contribution in [1.82, 2.24) is 5.32 Å². The van der Waals surface area contributed by atoms with Crippen molar-refractivity contribution < 1.29 is 49.7 Å². The van der Waals surface area contributed by atoms with Gasteiger partial charge in [-0.05, 0) is 12.8 Å².